The Morgan fingerprint density at radius 3 is 2.70 bits per heavy atom. The molecule has 3 aromatic rings. The summed E-state index contributed by atoms with van der Waals surface area (Å²) in [5, 5.41) is 0. The normalized spacial score (nSPS) is 16.1. The average Bonchev–Trinajstić information content (AvgIpc) is 3.21. The van der Waals surface area contributed by atoms with E-state index < -0.39 is 0 Å². The zero-order valence-corrected chi connectivity index (χ0v) is 17.1. The zero-order chi connectivity index (χ0) is 21.3. The first-order valence-corrected chi connectivity index (χ1v) is 9.99. The van der Waals surface area contributed by atoms with Crippen molar-refractivity contribution < 1.29 is 9.18 Å². The highest BCUT2D eigenvalue weighted by Crippen LogP contribution is 2.27. The molecule has 30 heavy (non-hydrogen) atoms. The largest absolute Gasteiger partial charge is 0.397 e. The van der Waals surface area contributed by atoms with Crippen LogP contribution in [0.1, 0.15) is 35.0 Å². The average molecular weight is 405 g/mol. The van der Waals surface area contributed by atoms with Gasteiger partial charge in [-0.05, 0) is 61.7 Å². The molecule has 6 nitrogen and oxygen atoms in total. The van der Waals surface area contributed by atoms with Crippen molar-refractivity contribution in [2.45, 2.75) is 32.6 Å². The Kier molecular flexibility index (Phi) is 5.44. The smallest absolute Gasteiger partial charge is 0.228 e. The Hall–Kier alpha value is -3.35. The molecule has 3 heterocycles. The van der Waals surface area contributed by atoms with Crippen LogP contribution in [0.15, 0.2) is 42.7 Å². The van der Waals surface area contributed by atoms with Crippen LogP contribution in [0.3, 0.4) is 0 Å². The molecular formula is C23H24FN5O. The summed E-state index contributed by atoms with van der Waals surface area (Å²) in [6.07, 6.45) is 4.58. The summed E-state index contributed by atoms with van der Waals surface area (Å²) in [6.45, 7) is 5.04. The van der Waals surface area contributed by atoms with Gasteiger partial charge in [-0.3, -0.25) is 9.78 Å². The van der Waals surface area contributed by atoms with E-state index in [0.29, 0.717) is 30.2 Å². The van der Waals surface area contributed by atoms with E-state index in [-0.39, 0.29) is 24.1 Å². The van der Waals surface area contributed by atoms with E-state index in [0.717, 1.165) is 28.9 Å². The minimum atomic E-state index is -0.289. The predicted octanol–water partition coefficient (Wildman–Crippen LogP) is 3.44. The van der Waals surface area contributed by atoms with Gasteiger partial charge in [0.1, 0.15) is 11.6 Å². The van der Waals surface area contributed by atoms with Crippen LogP contribution in [-0.4, -0.2) is 38.8 Å². The Bertz CT molecular complexity index is 1080. The lowest BCUT2D eigenvalue weighted by Gasteiger charge is -2.17. The molecule has 1 atom stereocenters. The number of nitrogen functional groups attached to an aromatic ring is 1. The lowest BCUT2D eigenvalue weighted by Crippen LogP contribution is -2.30. The molecule has 1 amide bonds. The molecule has 1 unspecified atom stereocenters. The number of anilines is 1. The van der Waals surface area contributed by atoms with Crippen LogP contribution in [-0.2, 0) is 11.2 Å². The molecule has 0 bridgehead atoms. The summed E-state index contributed by atoms with van der Waals surface area (Å²) in [4.78, 5) is 28.1. The van der Waals surface area contributed by atoms with Crippen LogP contribution in [0.2, 0.25) is 0 Å². The van der Waals surface area contributed by atoms with Crippen molar-refractivity contribution >= 4 is 11.6 Å². The number of halogens is 1. The van der Waals surface area contributed by atoms with E-state index in [1.165, 1.54) is 12.1 Å². The quantitative estimate of drug-likeness (QED) is 0.719. The summed E-state index contributed by atoms with van der Waals surface area (Å²) in [7, 11) is 0. The van der Waals surface area contributed by atoms with Crippen molar-refractivity contribution in [2.75, 3.05) is 18.8 Å². The Labute approximate surface area is 175 Å². The molecule has 1 fully saturated rings. The fourth-order valence-electron chi connectivity index (χ4n) is 3.78. The van der Waals surface area contributed by atoms with Gasteiger partial charge in [-0.2, -0.15) is 0 Å². The van der Waals surface area contributed by atoms with Gasteiger partial charge in [0.2, 0.25) is 5.91 Å². The van der Waals surface area contributed by atoms with Crippen LogP contribution >= 0.6 is 0 Å². The third-order valence-corrected chi connectivity index (χ3v) is 5.50. The molecule has 1 saturated heterocycles. The van der Waals surface area contributed by atoms with Crippen LogP contribution in [0, 0.1) is 19.7 Å². The molecule has 1 aliphatic heterocycles. The molecule has 0 aliphatic carbocycles. The number of nitrogens with two attached hydrogens (primary N) is 1. The Morgan fingerprint density at radius 2 is 1.97 bits per heavy atom. The first kappa shape index (κ1) is 19.9. The fourth-order valence-corrected chi connectivity index (χ4v) is 3.78. The standard InChI is InChI=1S/C23H24FN5O/c1-14-11-26-23(27-12-14)16-7-8-29(13-16)22(30)10-21-19(25)5-6-20(28-21)18-4-3-17(24)9-15(18)2/h3-6,9,11-12,16H,7-8,10,13,25H2,1-2H3. The second kappa shape index (κ2) is 8.18. The van der Waals surface area contributed by atoms with Crippen molar-refractivity contribution in [3.63, 3.8) is 0 Å². The molecule has 1 aliphatic rings. The van der Waals surface area contributed by atoms with Gasteiger partial charge in [0.25, 0.3) is 0 Å². The second-order valence-electron chi connectivity index (χ2n) is 7.81. The maximum absolute atomic E-state index is 13.4. The number of hydrogen-bond donors (Lipinski definition) is 1. The number of rotatable bonds is 4. The number of carbonyl (C=O) groups is 1. The lowest BCUT2D eigenvalue weighted by molar-refractivity contribution is -0.129. The minimum Gasteiger partial charge on any atom is -0.397 e. The van der Waals surface area contributed by atoms with Gasteiger partial charge in [-0.15, -0.1) is 0 Å². The number of likely N-dealkylation sites (tertiary alicyclic amines) is 1. The summed E-state index contributed by atoms with van der Waals surface area (Å²) < 4.78 is 13.4. The number of amides is 1. The van der Waals surface area contributed by atoms with Crippen LogP contribution in [0.4, 0.5) is 10.1 Å². The first-order chi connectivity index (χ1) is 14.4. The van der Waals surface area contributed by atoms with Gasteiger partial charge >= 0.3 is 0 Å². The van der Waals surface area contributed by atoms with Crippen molar-refractivity contribution in [3.05, 3.63) is 71.2 Å². The topological polar surface area (TPSA) is 85.0 Å². The van der Waals surface area contributed by atoms with Gasteiger partial charge in [-0.1, -0.05) is 0 Å². The Morgan fingerprint density at radius 1 is 1.20 bits per heavy atom. The third-order valence-electron chi connectivity index (χ3n) is 5.50. The highest BCUT2D eigenvalue weighted by Gasteiger charge is 2.29. The highest BCUT2D eigenvalue weighted by molar-refractivity contribution is 5.80. The highest BCUT2D eigenvalue weighted by atomic mass is 19.1. The van der Waals surface area contributed by atoms with E-state index >= 15 is 0 Å². The maximum atomic E-state index is 13.4. The van der Waals surface area contributed by atoms with Crippen LogP contribution in [0.25, 0.3) is 11.3 Å². The fraction of sp³-hybridized carbons (Fsp3) is 0.304. The van der Waals surface area contributed by atoms with E-state index in [1.807, 2.05) is 18.7 Å². The number of carbonyl (C=O) groups excluding carboxylic acids is 1. The second-order valence-corrected chi connectivity index (χ2v) is 7.81. The van der Waals surface area contributed by atoms with Gasteiger partial charge < -0.3 is 10.6 Å². The number of pyridine rings is 1. The molecule has 7 heteroatoms. The van der Waals surface area contributed by atoms with E-state index in [9.17, 15) is 9.18 Å². The summed E-state index contributed by atoms with van der Waals surface area (Å²) in [5.74, 6) is 0.621. The monoisotopic (exact) mass is 405 g/mol. The molecule has 0 saturated carbocycles. The Balaban J connectivity index is 1.49. The van der Waals surface area contributed by atoms with Gasteiger partial charge in [0.15, 0.2) is 0 Å². The van der Waals surface area contributed by atoms with E-state index in [4.69, 9.17) is 5.73 Å². The van der Waals surface area contributed by atoms with Crippen molar-refractivity contribution in [1.29, 1.82) is 0 Å². The van der Waals surface area contributed by atoms with Gasteiger partial charge in [0, 0.05) is 37.0 Å². The minimum absolute atomic E-state index is 0.0169. The number of aromatic nitrogens is 3. The lowest BCUT2D eigenvalue weighted by atomic mass is 10.0. The van der Waals surface area contributed by atoms with Crippen LogP contribution in [0.5, 0.6) is 0 Å². The van der Waals surface area contributed by atoms with E-state index in [1.54, 1.807) is 30.6 Å². The molecule has 154 valence electrons. The molecule has 2 N–H and O–H groups in total. The molecule has 2 aromatic heterocycles. The first-order valence-electron chi connectivity index (χ1n) is 9.99. The number of hydrogen-bond acceptors (Lipinski definition) is 5. The van der Waals surface area contributed by atoms with Crippen molar-refractivity contribution in [2.24, 2.45) is 0 Å². The number of nitrogens with zero attached hydrogens (tertiary/aromatic N) is 4. The van der Waals surface area contributed by atoms with Crippen molar-refractivity contribution in [3.8, 4) is 11.3 Å². The molecule has 1 aromatic carbocycles. The predicted molar refractivity (Wildman–Crippen MR) is 113 cm³/mol. The number of aryl methyl sites for hydroxylation is 2. The zero-order valence-electron chi connectivity index (χ0n) is 17.1. The molecule has 4 rings (SSSR count). The molecular weight excluding hydrogens is 381 g/mol. The van der Waals surface area contributed by atoms with Crippen molar-refractivity contribution in [1.82, 2.24) is 19.9 Å². The maximum Gasteiger partial charge on any atom is 0.228 e. The summed E-state index contributed by atoms with van der Waals surface area (Å²) >= 11 is 0. The number of benzene rings is 1. The summed E-state index contributed by atoms with van der Waals surface area (Å²) in [5.41, 5.74) is 10.4. The van der Waals surface area contributed by atoms with Gasteiger partial charge in [-0.25, -0.2) is 14.4 Å². The summed E-state index contributed by atoms with van der Waals surface area (Å²) in [6, 6.07) is 8.12. The molecule has 0 spiro atoms. The van der Waals surface area contributed by atoms with Crippen LogP contribution < -0.4 is 5.73 Å². The third kappa shape index (κ3) is 4.15. The van der Waals surface area contributed by atoms with Gasteiger partial charge in [0.05, 0.1) is 23.5 Å². The van der Waals surface area contributed by atoms with E-state index in [2.05, 4.69) is 15.0 Å². The SMILES string of the molecule is Cc1cnc(C2CCN(C(=O)Cc3nc(-c4ccc(F)cc4C)ccc3N)C2)nc1. The molecule has 0 radical (unpaired) electrons.